The van der Waals surface area contributed by atoms with Gasteiger partial charge in [0.25, 0.3) is 0 Å². The predicted octanol–water partition coefficient (Wildman–Crippen LogP) is 0.989. The fourth-order valence-electron chi connectivity index (χ4n) is 0.853. The van der Waals surface area contributed by atoms with Crippen molar-refractivity contribution in [2.45, 2.75) is 26.3 Å². The van der Waals surface area contributed by atoms with E-state index >= 15 is 0 Å². The minimum Gasteiger partial charge on any atom is -0.304 e. The highest BCUT2D eigenvalue weighted by molar-refractivity contribution is 9.10. The van der Waals surface area contributed by atoms with E-state index in [4.69, 9.17) is 0 Å². The van der Waals surface area contributed by atoms with Gasteiger partial charge >= 0.3 is 0 Å². The van der Waals surface area contributed by atoms with Crippen molar-refractivity contribution < 1.29 is 8.42 Å². The van der Waals surface area contributed by atoms with Crippen molar-refractivity contribution in [3.8, 4) is 0 Å². The Bertz CT molecular complexity index is 242. The Morgan fingerprint density at radius 2 is 2.00 bits per heavy atom. The lowest BCUT2D eigenvalue weighted by Crippen LogP contribution is -2.31. The summed E-state index contributed by atoms with van der Waals surface area (Å²) in [6.45, 7) is 5.64. The van der Waals surface area contributed by atoms with E-state index in [1.807, 2.05) is 7.05 Å². The minimum absolute atomic E-state index is 0.0278. The number of sulfonamides is 1. The number of alkyl halides is 1. The summed E-state index contributed by atoms with van der Waals surface area (Å²) in [4.78, 5) is 2.18. The van der Waals surface area contributed by atoms with Gasteiger partial charge in [0.1, 0.15) is 4.66 Å². The molecule has 0 saturated heterocycles. The summed E-state index contributed by atoms with van der Waals surface area (Å²) in [5.41, 5.74) is 0. The molecule has 0 unspecified atom stereocenters. The predicted molar refractivity (Wildman–Crippen MR) is 63.1 cm³/mol. The fraction of sp³-hybridized carbons (Fsp3) is 1.00. The van der Waals surface area contributed by atoms with Crippen molar-refractivity contribution in [3.63, 3.8) is 0 Å². The summed E-state index contributed by atoms with van der Waals surface area (Å²) in [5, 5.41) is 0. The third-order valence-corrected chi connectivity index (χ3v) is 4.77. The van der Waals surface area contributed by atoms with Crippen LogP contribution in [0.5, 0.6) is 0 Å². The van der Waals surface area contributed by atoms with E-state index in [-0.39, 0.29) is 4.66 Å². The standard InChI is InChI=1S/C8H19BrN2O2S/c1-8(2)11(3)6-4-5-10-14(12,13)7-9/h8,10H,4-7H2,1-3H3. The smallest absolute Gasteiger partial charge is 0.221 e. The van der Waals surface area contributed by atoms with Crippen molar-refractivity contribution in [2.24, 2.45) is 0 Å². The van der Waals surface area contributed by atoms with Crippen molar-refractivity contribution in [3.05, 3.63) is 0 Å². The first-order chi connectivity index (χ1) is 6.39. The van der Waals surface area contributed by atoms with Gasteiger partial charge in [0.15, 0.2) is 0 Å². The molecule has 0 fully saturated rings. The number of rotatable bonds is 7. The Labute approximate surface area is 95.2 Å². The zero-order valence-corrected chi connectivity index (χ0v) is 11.4. The zero-order valence-electron chi connectivity index (χ0n) is 8.96. The lowest BCUT2D eigenvalue weighted by Gasteiger charge is -2.20. The van der Waals surface area contributed by atoms with Gasteiger partial charge in [-0.25, -0.2) is 13.1 Å². The summed E-state index contributed by atoms with van der Waals surface area (Å²) in [6.07, 6.45) is 0.834. The van der Waals surface area contributed by atoms with E-state index in [1.165, 1.54) is 0 Å². The molecule has 86 valence electrons. The summed E-state index contributed by atoms with van der Waals surface area (Å²) in [7, 11) is -1.06. The second-order valence-corrected chi connectivity index (χ2v) is 6.66. The van der Waals surface area contributed by atoms with Crippen molar-refractivity contribution in [1.29, 1.82) is 0 Å². The molecule has 1 N–H and O–H groups in total. The molecule has 6 heteroatoms. The van der Waals surface area contributed by atoms with Crippen LogP contribution in [0.25, 0.3) is 0 Å². The molecule has 0 amide bonds. The molecule has 14 heavy (non-hydrogen) atoms. The molecule has 0 atom stereocenters. The van der Waals surface area contributed by atoms with Gasteiger partial charge in [-0.2, -0.15) is 0 Å². The van der Waals surface area contributed by atoms with Crippen LogP contribution in [0.1, 0.15) is 20.3 Å². The Kier molecular flexibility index (Phi) is 6.93. The lowest BCUT2D eigenvalue weighted by atomic mass is 10.3. The fourth-order valence-corrected chi connectivity index (χ4v) is 1.87. The molecular formula is C8H19BrN2O2S. The molecule has 0 aliphatic rings. The maximum Gasteiger partial charge on any atom is 0.221 e. The van der Waals surface area contributed by atoms with Crippen LogP contribution >= 0.6 is 15.9 Å². The van der Waals surface area contributed by atoms with Crippen molar-refractivity contribution in [2.75, 3.05) is 24.8 Å². The highest BCUT2D eigenvalue weighted by atomic mass is 79.9. The molecule has 0 spiro atoms. The zero-order chi connectivity index (χ0) is 11.2. The topological polar surface area (TPSA) is 49.4 Å². The summed E-state index contributed by atoms with van der Waals surface area (Å²) >= 11 is 2.91. The first-order valence-electron chi connectivity index (χ1n) is 4.62. The summed E-state index contributed by atoms with van der Waals surface area (Å²) in [5.74, 6) is 0. The molecule has 0 aromatic carbocycles. The molecule has 4 nitrogen and oxygen atoms in total. The maximum absolute atomic E-state index is 11.0. The highest BCUT2D eigenvalue weighted by Gasteiger charge is 2.07. The average molecular weight is 287 g/mol. The molecule has 0 radical (unpaired) electrons. The number of nitrogens with zero attached hydrogens (tertiary/aromatic N) is 1. The van der Waals surface area contributed by atoms with E-state index in [9.17, 15) is 8.42 Å². The molecule has 0 aliphatic heterocycles. The number of hydrogen-bond acceptors (Lipinski definition) is 3. The monoisotopic (exact) mass is 286 g/mol. The molecule has 0 rings (SSSR count). The van der Waals surface area contributed by atoms with E-state index < -0.39 is 10.0 Å². The minimum atomic E-state index is -3.09. The van der Waals surface area contributed by atoms with Crippen LogP contribution in [-0.2, 0) is 10.0 Å². The summed E-state index contributed by atoms with van der Waals surface area (Å²) < 4.78 is 24.5. The average Bonchev–Trinajstić information content (AvgIpc) is 2.12. The van der Waals surface area contributed by atoms with E-state index in [1.54, 1.807) is 0 Å². The molecular weight excluding hydrogens is 268 g/mol. The molecule has 0 saturated carbocycles. The third-order valence-electron chi connectivity index (χ3n) is 2.03. The Balaban J connectivity index is 3.57. The van der Waals surface area contributed by atoms with Crippen LogP contribution in [0.4, 0.5) is 0 Å². The molecule has 0 aromatic rings. The largest absolute Gasteiger partial charge is 0.304 e. The number of nitrogens with one attached hydrogen (secondary N) is 1. The van der Waals surface area contributed by atoms with E-state index in [0.29, 0.717) is 12.6 Å². The quantitative estimate of drug-likeness (QED) is 0.561. The first-order valence-corrected chi connectivity index (χ1v) is 7.40. The number of halogens is 1. The SMILES string of the molecule is CC(C)N(C)CCCNS(=O)(=O)CBr. The molecule has 0 bridgehead atoms. The molecule has 0 aliphatic carbocycles. The Morgan fingerprint density at radius 3 is 2.43 bits per heavy atom. The van der Waals surface area contributed by atoms with E-state index in [0.717, 1.165) is 13.0 Å². The van der Waals surface area contributed by atoms with Crippen LogP contribution in [0.15, 0.2) is 0 Å². The molecule has 0 heterocycles. The Morgan fingerprint density at radius 1 is 1.43 bits per heavy atom. The highest BCUT2D eigenvalue weighted by Crippen LogP contribution is 1.95. The maximum atomic E-state index is 11.0. The lowest BCUT2D eigenvalue weighted by molar-refractivity contribution is 0.271. The van der Waals surface area contributed by atoms with Gasteiger partial charge in [-0.15, -0.1) is 0 Å². The van der Waals surface area contributed by atoms with E-state index in [2.05, 4.69) is 39.4 Å². The first kappa shape index (κ1) is 14.3. The van der Waals surface area contributed by atoms with Crippen LogP contribution in [0.3, 0.4) is 0 Å². The second-order valence-electron chi connectivity index (χ2n) is 3.55. The second kappa shape index (κ2) is 6.76. The molecule has 0 aromatic heterocycles. The van der Waals surface area contributed by atoms with Crippen LogP contribution < -0.4 is 4.72 Å². The normalized spacial score (nSPS) is 12.7. The van der Waals surface area contributed by atoms with Crippen LogP contribution in [0, 0.1) is 0 Å². The van der Waals surface area contributed by atoms with Gasteiger partial charge < -0.3 is 4.90 Å². The van der Waals surface area contributed by atoms with Gasteiger partial charge in [-0.05, 0) is 33.9 Å². The van der Waals surface area contributed by atoms with Gasteiger partial charge in [0.2, 0.25) is 10.0 Å². The van der Waals surface area contributed by atoms with Gasteiger partial charge in [0, 0.05) is 12.6 Å². The van der Waals surface area contributed by atoms with Gasteiger partial charge in [-0.3, -0.25) is 0 Å². The Hall–Kier alpha value is 0.350. The summed E-state index contributed by atoms with van der Waals surface area (Å²) in [6, 6.07) is 0.503. The van der Waals surface area contributed by atoms with Crippen LogP contribution in [0.2, 0.25) is 0 Å². The van der Waals surface area contributed by atoms with Gasteiger partial charge in [-0.1, -0.05) is 15.9 Å². The van der Waals surface area contributed by atoms with Crippen molar-refractivity contribution >= 4 is 26.0 Å². The van der Waals surface area contributed by atoms with Gasteiger partial charge in [0.05, 0.1) is 0 Å². The third kappa shape index (κ3) is 6.75. The van der Waals surface area contributed by atoms with Crippen molar-refractivity contribution in [1.82, 2.24) is 9.62 Å². The number of hydrogen-bond donors (Lipinski definition) is 1. The van der Waals surface area contributed by atoms with Crippen LogP contribution in [-0.4, -0.2) is 44.2 Å².